The first kappa shape index (κ1) is 18.1. The van der Waals surface area contributed by atoms with Gasteiger partial charge in [-0.3, -0.25) is 9.59 Å². The van der Waals surface area contributed by atoms with Gasteiger partial charge in [0.15, 0.2) is 0 Å². The first-order valence-corrected chi connectivity index (χ1v) is 8.75. The van der Waals surface area contributed by atoms with Crippen LogP contribution >= 0.6 is 0 Å². The van der Waals surface area contributed by atoms with Gasteiger partial charge in [-0.05, 0) is 49.6 Å². The van der Waals surface area contributed by atoms with Crippen molar-refractivity contribution in [1.82, 2.24) is 5.32 Å². The van der Waals surface area contributed by atoms with Crippen molar-refractivity contribution >= 4 is 17.5 Å². The monoisotopic (exact) mass is 354 g/mol. The molecule has 3 rings (SSSR count). The molecule has 0 saturated carbocycles. The van der Waals surface area contributed by atoms with E-state index in [-0.39, 0.29) is 30.0 Å². The summed E-state index contributed by atoms with van der Waals surface area (Å²) in [5.41, 5.74) is 4.98. The molecule has 1 heterocycles. The summed E-state index contributed by atoms with van der Waals surface area (Å²) in [6, 6.07) is 10.1. The molecule has 0 spiro atoms. The van der Waals surface area contributed by atoms with E-state index in [0.29, 0.717) is 13.1 Å². The molecule has 4 nitrogen and oxygen atoms in total. The Morgan fingerprint density at radius 1 is 1.15 bits per heavy atom. The third-order valence-electron chi connectivity index (χ3n) is 4.78. The number of rotatable bonds is 4. The number of aryl methyl sites for hydroxylation is 3. The smallest absolute Gasteiger partial charge is 0.227 e. The molecular weight excluding hydrogens is 331 g/mol. The number of amides is 2. The average Bonchev–Trinajstić information content (AvgIpc) is 2.95. The van der Waals surface area contributed by atoms with Gasteiger partial charge in [-0.15, -0.1) is 0 Å². The van der Waals surface area contributed by atoms with Gasteiger partial charge in [0.2, 0.25) is 11.8 Å². The van der Waals surface area contributed by atoms with Crippen molar-refractivity contribution in [2.45, 2.75) is 33.7 Å². The maximum atomic E-state index is 12.9. The highest BCUT2D eigenvalue weighted by Crippen LogP contribution is 2.31. The van der Waals surface area contributed by atoms with E-state index in [0.717, 1.165) is 27.9 Å². The summed E-state index contributed by atoms with van der Waals surface area (Å²) in [6.45, 7) is 6.72. The predicted octanol–water partition coefficient (Wildman–Crippen LogP) is 3.42. The highest BCUT2D eigenvalue weighted by Gasteiger charge is 2.36. The lowest BCUT2D eigenvalue weighted by molar-refractivity contribution is -0.126. The Hall–Kier alpha value is -2.69. The van der Waals surface area contributed by atoms with E-state index < -0.39 is 0 Å². The molecule has 2 aromatic rings. The molecule has 26 heavy (non-hydrogen) atoms. The summed E-state index contributed by atoms with van der Waals surface area (Å²) < 4.78 is 12.9. The van der Waals surface area contributed by atoms with Crippen LogP contribution in [0.2, 0.25) is 0 Å². The maximum Gasteiger partial charge on any atom is 0.227 e. The third kappa shape index (κ3) is 3.77. The standard InChI is InChI=1S/C21H23FN2O2/c1-13-8-14(2)20(15(3)9-13)24-12-17(10-19(24)25)21(26)23-11-16-4-6-18(22)7-5-16/h4-9,17H,10-12H2,1-3H3,(H,23,26). The van der Waals surface area contributed by atoms with Crippen LogP contribution < -0.4 is 10.2 Å². The summed E-state index contributed by atoms with van der Waals surface area (Å²) in [7, 11) is 0. The lowest BCUT2D eigenvalue weighted by Gasteiger charge is -2.22. The van der Waals surface area contributed by atoms with Gasteiger partial charge in [-0.25, -0.2) is 4.39 Å². The van der Waals surface area contributed by atoms with Crippen molar-refractivity contribution in [3.8, 4) is 0 Å². The minimum Gasteiger partial charge on any atom is -0.352 e. The number of nitrogens with one attached hydrogen (secondary N) is 1. The fourth-order valence-corrected chi connectivity index (χ4v) is 3.63. The molecule has 2 aromatic carbocycles. The maximum absolute atomic E-state index is 12.9. The minimum absolute atomic E-state index is 0.0259. The van der Waals surface area contributed by atoms with Crippen molar-refractivity contribution in [3.63, 3.8) is 0 Å². The molecule has 1 aliphatic heterocycles. The molecule has 1 unspecified atom stereocenters. The van der Waals surface area contributed by atoms with Crippen molar-refractivity contribution in [1.29, 1.82) is 0 Å². The second-order valence-corrected chi connectivity index (χ2v) is 7.00. The number of carbonyl (C=O) groups is 2. The van der Waals surface area contributed by atoms with Gasteiger partial charge in [0.25, 0.3) is 0 Å². The Balaban J connectivity index is 1.67. The summed E-state index contributed by atoms with van der Waals surface area (Å²) >= 11 is 0. The average molecular weight is 354 g/mol. The SMILES string of the molecule is Cc1cc(C)c(N2CC(C(=O)NCc3ccc(F)cc3)CC2=O)c(C)c1. The topological polar surface area (TPSA) is 49.4 Å². The third-order valence-corrected chi connectivity index (χ3v) is 4.78. The van der Waals surface area contributed by atoms with Gasteiger partial charge in [0.1, 0.15) is 5.82 Å². The molecule has 1 saturated heterocycles. The van der Waals surface area contributed by atoms with Gasteiger partial charge >= 0.3 is 0 Å². The van der Waals surface area contributed by atoms with Crippen LogP contribution in [0.15, 0.2) is 36.4 Å². The number of halogens is 1. The molecule has 5 heteroatoms. The highest BCUT2D eigenvalue weighted by atomic mass is 19.1. The van der Waals surface area contributed by atoms with Gasteiger partial charge in [0.05, 0.1) is 5.92 Å². The number of hydrogen-bond acceptors (Lipinski definition) is 2. The molecule has 1 fully saturated rings. The van der Waals surface area contributed by atoms with Crippen molar-refractivity contribution in [2.75, 3.05) is 11.4 Å². The Labute approximate surface area is 153 Å². The Kier molecular flexibility index (Phi) is 5.07. The second kappa shape index (κ2) is 7.28. The fraction of sp³-hybridized carbons (Fsp3) is 0.333. The zero-order chi connectivity index (χ0) is 18.8. The highest BCUT2D eigenvalue weighted by molar-refractivity contribution is 6.01. The number of benzene rings is 2. The summed E-state index contributed by atoms with van der Waals surface area (Å²) in [4.78, 5) is 26.7. The first-order chi connectivity index (χ1) is 12.3. The number of hydrogen-bond donors (Lipinski definition) is 1. The van der Waals surface area contributed by atoms with Gasteiger partial charge < -0.3 is 10.2 Å². The molecule has 2 amide bonds. The van der Waals surface area contributed by atoms with Gasteiger partial charge in [0, 0.05) is 25.2 Å². The van der Waals surface area contributed by atoms with E-state index in [4.69, 9.17) is 0 Å². The van der Waals surface area contributed by atoms with E-state index in [1.165, 1.54) is 12.1 Å². The predicted molar refractivity (Wildman–Crippen MR) is 99.4 cm³/mol. The molecule has 0 aromatic heterocycles. The van der Waals surface area contributed by atoms with Crippen LogP contribution in [-0.2, 0) is 16.1 Å². The fourth-order valence-electron chi connectivity index (χ4n) is 3.63. The number of nitrogens with zero attached hydrogens (tertiary/aromatic N) is 1. The molecule has 1 atom stereocenters. The summed E-state index contributed by atoms with van der Waals surface area (Å²) in [5.74, 6) is -0.849. The first-order valence-electron chi connectivity index (χ1n) is 8.75. The Morgan fingerprint density at radius 2 is 1.77 bits per heavy atom. The zero-order valence-corrected chi connectivity index (χ0v) is 15.3. The quantitative estimate of drug-likeness (QED) is 0.915. The van der Waals surface area contributed by atoms with E-state index >= 15 is 0 Å². The largest absolute Gasteiger partial charge is 0.352 e. The van der Waals surface area contributed by atoms with Gasteiger partial charge in [-0.2, -0.15) is 0 Å². The molecule has 136 valence electrons. The van der Waals surface area contributed by atoms with Crippen molar-refractivity contribution in [3.05, 3.63) is 64.5 Å². The Bertz CT molecular complexity index is 823. The minimum atomic E-state index is -0.372. The molecular formula is C21H23FN2O2. The van der Waals surface area contributed by atoms with E-state index in [1.54, 1.807) is 17.0 Å². The second-order valence-electron chi connectivity index (χ2n) is 7.00. The lowest BCUT2D eigenvalue weighted by Crippen LogP contribution is -2.33. The molecule has 1 N–H and O–H groups in total. The van der Waals surface area contributed by atoms with Crippen LogP contribution in [0.4, 0.5) is 10.1 Å². The van der Waals surface area contributed by atoms with Crippen LogP contribution in [0.25, 0.3) is 0 Å². The Morgan fingerprint density at radius 3 is 2.38 bits per heavy atom. The van der Waals surface area contributed by atoms with Crippen LogP contribution in [0.3, 0.4) is 0 Å². The molecule has 0 bridgehead atoms. The number of carbonyl (C=O) groups excluding carboxylic acids is 2. The number of anilines is 1. The van der Waals surface area contributed by atoms with Crippen LogP contribution in [0.5, 0.6) is 0 Å². The van der Waals surface area contributed by atoms with E-state index in [1.807, 2.05) is 20.8 Å². The molecule has 0 radical (unpaired) electrons. The van der Waals surface area contributed by atoms with Crippen LogP contribution in [0.1, 0.15) is 28.7 Å². The summed E-state index contributed by atoms with van der Waals surface area (Å²) in [6.07, 6.45) is 0.210. The lowest BCUT2D eigenvalue weighted by atomic mass is 10.0. The summed E-state index contributed by atoms with van der Waals surface area (Å²) in [5, 5.41) is 2.85. The zero-order valence-electron chi connectivity index (χ0n) is 15.3. The van der Waals surface area contributed by atoms with Crippen molar-refractivity contribution in [2.24, 2.45) is 5.92 Å². The van der Waals surface area contributed by atoms with E-state index in [2.05, 4.69) is 17.4 Å². The van der Waals surface area contributed by atoms with E-state index in [9.17, 15) is 14.0 Å². The molecule has 0 aliphatic carbocycles. The van der Waals surface area contributed by atoms with Crippen LogP contribution in [0, 0.1) is 32.5 Å². The van der Waals surface area contributed by atoms with Gasteiger partial charge in [-0.1, -0.05) is 29.8 Å². The normalized spacial score (nSPS) is 16.8. The molecule has 1 aliphatic rings. The van der Waals surface area contributed by atoms with Crippen LogP contribution in [-0.4, -0.2) is 18.4 Å². The van der Waals surface area contributed by atoms with Crippen molar-refractivity contribution < 1.29 is 14.0 Å².